The second-order valence-corrected chi connectivity index (χ2v) is 6.36. The Kier molecular flexibility index (Phi) is 5.23. The predicted molar refractivity (Wildman–Crippen MR) is 87.6 cm³/mol. The Labute approximate surface area is 151 Å². The van der Waals surface area contributed by atoms with Crippen molar-refractivity contribution in [2.45, 2.75) is 30.9 Å². The van der Waals surface area contributed by atoms with E-state index in [1.807, 2.05) is 6.07 Å². The van der Waals surface area contributed by atoms with E-state index in [9.17, 15) is 26.7 Å². The third-order valence-electron chi connectivity index (χ3n) is 4.47. The smallest absolute Gasteiger partial charge is 0.406 e. The highest BCUT2D eigenvalue weighted by Gasteiger charge is 2.58. The average Bonchev–Trinajstić information content (AvgIpc) is 2.62. The van der Waals surface area contributed by atoms with Gasteiger partial charge in [0.2, 0.25) is 5.56 Å². The molecule has 0 bridgehead atoms. The van der Waals surface area contributed by atoms with Gasteiger partial charge in [0.15, 0.2) is 0 Å². The number of H-pyrrole nitrogens is 1. The Balaban J connectivity index is 1.64. The molecule has 0 unspecified atom stereocenters. The minimum Gasteiger partial charge on any atom is -0.406 e. The second kappa shape index (κ2) is 7.30. The fraction of sp³-hybridized carbons (Fsp3) is 0.389. The predicted octanol–water partition coefficient (Wildman–Crippen LogP) is 4.20. The summed E-state index contributed by atoms with van der Waals surface area (Å²) in [6.45, 7) is 0.892. The van der Waals surface area contributed by atoms with E-state index in [1.165, 1.54) is 17.2 Å². The number of hydrogen-bond donors (Lipinski definition) is 1. The van der Waals surface area contributed by atoms with Crippen LogP contribution in [0, 0.1) is 0 Å². The zero-order chi connectivity index (χ0) is 19.7. The molecule has 0 amide bonds. The van der Waals surface area contributed by atoms with Crippen LogP contribution in [0.25, 0.3) is 0 Å². The maximum atomic E-state index is 13.5. The summed E-state index contributed by atoms with van der Waals surface area (Å²) in [5.74, 6) is -4.90. The number of nitrogens with one attached hydrogen (secondary N) is 1. The van der Waals surface area contributed by atoms with Gasteiger partial charge in [0, 0.05) is 36.3 Å². The van der Waals surface area contributed by atoms with E-state index in [4.69, 9.17) is 4.84 Å². The first kappa shape index (κ1) is 19.3. The van der Waals surface area contributed by atoms with Crippen LogP contribution >= 0.6 is 0 Å². The van der Waals surface area contributed by atoms with Crippen molar-refractivity contribution in [3.05, 3.63) is 64.1 Å². The lowest BCUT2D eigenvalue weighted by molar-refractivity contribution is -0.289. The summed E-state index contributed by atoms with van der Waals surface area (Å²) in [5.41, 5.74) is -0.535. The highest BCUT2D eigenvalue weighted by molar-refractivity contribution is 5.32. The van der Waals surface area contributed by atoms with Gasteiger partial charge in [-0.05, 0) is 31.0 Å². The maximum Gasteiger partial charge on any atom is 0.458 e. The number of alkyl halides is 5. The number of hydrogen-bond acceptors (Lipinski definition) is 3. The molecule has 2 aromatic rings. The number of benzene rings is 1. The zero-order valence-corrected chi connectivity index (χ0v) is 14.1. The van der Waals surface area contributed by atoms with E-state index in [2.05, 4.69) is 4.98 Å². The number of halogens is 5. The van der Waals surface area contributed by atoms with E-state index in [0.29, 0.717) is 32.0 Å². The summed E-state index contributed by atoms with van der Waals surface area (Å²) in [7, 11) is 0. The molecule has 1 saturated heterocycles. The van der Waals surface area contributed by atoms with Crippen molar-refractivity contribution in [3.8, 4) is 5.75 Å². The Morgan fingerprint density at radius 1 is 1.00 bits per heavy atom. The number of nitrogens with zero attached hydrogens (tertiary/aromatic N) is 1. The molecule has 1 aromatic carbocycles. The molecule has 2 heterocycles. The van der Waals surface area contributed by atoms with Gasteiger partial charge in [-0.1, -0.05) is 18.2 Å². The van der Waals surface area contributed by atoms with Gasteiger partial charge < -0.3 is 9.82 Å². The Morgan fingerprint density at radius 3 is 2.30 bits per heavy atom. The molecule has 0 atom stereocenters. The number of aromatic nitrogens is 1. The first-order valence-electron chi connectivity index (χ1n) is 8.34. The van der Waals surface area contributed by atoms with Gasteiger partial charge in [0.05, 0.1) is 0 Å². The molecule has 0 radical (unpaired) electrons. The minimum atomic E-state index is -5.67. The molecule has 1 aromatic heterocycles. The maximum absolute atomic E-state index is 13.5. The van der Waals surface area contributed by atoms with Crippen molar-refractivity contribution >= 4 is 0 Å². The van der Waals surface area contributed by atoms with Crippen molar-refractivity contribution in [2.75, 3.05) is 13.1 Å². The summed E-state index contributed by atoms with van der Waals surface area (Å²) in [6, 6.07) is 8.77. The van der Waals surface area contributed by atoms with Crippen molar-refractivity contribution in [1.82, 2.24) is 10.0 Å². The van der Waals surface area contributed by atoms with Crippen molar-refractivity contribution in [1.29, 1.82) is 0 Å². The van der Waals surface area contributed by atoms with E-state index in [1.54, 1.807) is 6.07 Å². The van der Waals surface area contributed by atoms with Gasteiger partial charge in [-0.15, -0.1) is 5.06 Å². The van der Waals surface area contributed by atoms with E-state index < -0.39 is 17.7 Å². The second-order valence-electron chi connectivity index (χ2n) is 6.36. The van der Waals surface area contributed by atoms with Crippen molar-refractivity contribution < 1.29 is 26.8 Å². The van der Waals surface area contributed by atoms with E-state index in [0.717, 1.165) is 17.8 Å². The Morgan fingerprint density at radius 2 is 1.67 bits per heavy atom. The molecular formula is C18H17F5N2O2. The van der Waals surface area contributed by atoms with E-state index >= 15 is 0 Å². The zero-order valence-electron chi connectivity index (χ0n) is 14.1. The summed E-state index contributed by atoms with van der Waals surface area (Å²) in [6.07, 6.45) is -4.37. The van der Waals surface area contributed by atoms with Crippen LogP contribution in [-0.4, -0.2) is 29.3 Å². The van der Waals surface area contributed by atoms with Crippen LogP contribution in [0.2, 0.25) is 0 Å². The molecule has 4 nitrogen and oxygen atoms in total. The summed E-state index contributed by atoms with van der Waals surface area (Å²) in [4.78, 5) is 19.6. The third-order valence-corrected chi connectivity index (χ3v) is 4.47. The van der Waals surface area contributed by atoms with Crippen LogP contribution in [0.3, 0.4) is 0 Å². The fourth-order valence-electron chi connectivity index (χ4n) is 3.02. The fourth-order valence-corrected chi connectivity index (χ4v) is 3.02. The topological polar surface area (TPSA) is 45.3 Å². The van der Waals surface area contributed by atoms with Crippen LogP contribution in [-0.2, 0) is 5.92 Å². The van der Waals surface area contributed by atoms with Crippen molar-refractivity contribution in [3.63, 3.8) is 0 Å². The number of pyridine rings is 1. The monoisotopic (exact) mass is 388 g/mol. The summed E-state index contributed by atoms with van der Waals surface area (Å²) < 4.78 is 64.5. The highest BCUT2D eigenvalue weighted by Crippen LogP contribution is 2.44. The molecule has 0 saturated carbocycles. The first-order valence-corrected chi connectivity index (χ1v) is 8.34. The number of piperidine rings is 1. The normalized spacial score (nSPS) is 17.1. The molecular weight excluding hydrogens is 371 g/mol. The van der Waals surface area contributed by atoms with Gasteiger partial charge in [0.1, 0.15) is 5.75 Å². The molecule has 3 rings (SSSR count). The summed E-state index contributed by atoms with van der Waals surface area (Å²) in [5, 5.41) is 1.52. The number of aromatic amines is 1. The lowest BCUT2D eigenvalue weighted by atomic mass is 9.94. The van der Waals surface area contributed by atoms with Gasteiger partial charge >= 0.3 is 12.1 Å². The van der Waals surface area contributed by atoms with E-state index in [-0.39, 0.29) is 17.2 Å². The van der Waals surface area contributed by atoms with Crippen LogP contribution in [0.5, 0.6) is 5.75 Å². The molecule has 1 aliphatic rings. The Bertz CT molecular complexity index is 842. The lowest BCUT2D eigenvalue weighted by Gasteiger charge is -2.31. The average molecular weight is 388 g/mol. The Hall–Kier alpha value is -2.42. The summed E-state index contributed by atoms with van der Waals surface area (Å²) >= 11 is 0. The molecule has 1 fully saturated rings. The molecule has 146 valence electrons. The van der Waals surface area contributed by atoms with Gasteiger partial charge in [-0.25, -0.2) is 0 Å². The first-order chi connectivity index (χ1) is 12.7. The van der Waals surface area contributed by atoms with Crippen molar-refractivity contribution in [2.24, 2.45) is 0 Å². The molecule has 0 aliphatic carbocycles. The van der Waals surface area contributed by atoms with Gasteiger partial charge in [-0.3, -0.25) is 4.79 Å². The lowest BCUT2D eigenvalue weighted by Crippen LogP contribution is -2.36. The number of rotatable bonds is 4. The van der Waals surface area contributed by atoms with Gasteiger partial charge in [-0.2, -0.15) is 22.0 Å². The quantitative estimate of drug-likeness (QED) is 0.799. The highest BCUT2D eigenvalue weighted by atomic mass is 19.4. The SMILES string of the molecule is O=c1cccc(C2CCN(Oc3cccc(C(F)(F)C(F)(F)F)c3)CC2)[nH]1. The van der Waals surface area contributed by atoms with Gasteiger partial charge in [0.25, 0.3) is 0 Å². The number of hydroxylamine groups is 2. The largest absolute Gasteiger partial charge is 0.458 e. The molecule has 9 heteroatoms. The van der Waals surface area contributed by atoms with Crippen LogP contribution in [0.4, 0.5) is 22.0 Å². The molecule has 0 spiro atoms. The molecule has 1 N–H and O–H groups in total. The standard InChI is InChI=1S/C18H17F5N2O2/c19-17(20,18(21,22)23)13-3-1-4-14(11-13)27-25-9-7-12(8-10-25)15-5-2-6-16(26)24-15/h1-6,11-12H,7-10H2,(H,24,26). The third kappa shape index (κ3) is 4.29. The van der Waals surface area contributed by atoms with Crippen LogP contribution in [0.1, 0.15) is 30.0 Å². The minimum absolute atomic E-state index is 0.0806. The van der Waals surface area contributed by atoms with Crippen LogP contribution < -0.4 is 10.4 Å². The van der Waals surface area contributed by atoms with Crippen LogP contribution in [0.15, 0.2) is 47.3 Å². The molecule has 27 heavy (non-hydrogen) atoms. The molecule has 1 aliphatic heterocycles.